The third-order valence-corrected chi connectivity index (χ3v) is 2.61. The summed E-state index contributed by atoms with van der Waals surface area (Å²) in [5, 5.41) is 5.16. The van der Waals surface area contributed by atoms with E-state index >= 15 is 0 Å². The smallest absolute Gasteiger partial charge is 0.243 e. The maximum absolute atomic E-state index is 11.9. The van der Waals surface area contributed by atoms with Crippen molar-refractivity contribution in [2.24, 2.45) is 5.73 Å². The topological polar surface area (TPSA) is 101 Å². The van der Waals surface area contributed by atoms with Crippen molar-refractivity contribution >= 4 is 17.6 Å². The van der Waals surface area contributed by atoms with Gasteiger partial charge in [-0.2, -0.15) is 0 Å². The van der Waals surface area contributed by atoms with Crippen molar-refractivity contribution in [2.45, 2.75) is 52.1 Å². The first-order chi connectivity index (χ1) is 8.38. The highest BCUT2D eigenvalue weighted by Gasteiger charge is 2.21. The Morgan fingerprint density at radius 2 is 1.72 bits per heavy atom. The van der Waals surface area contributed by atoms with Crippen molar-refractivity contribution in [1.29, 1.82) is 0 Å². The number of ketones is 1. The fourth-order valence-electron chi connectivity index (χ4n) is 1.42. The van der Waals surface area contributed by atoms with E-state index in [0.717, 1.165) is 12.8 Å². The fourth-order valence-corrected chi connectivity index (χ4v) is 1.42. The molecular formula is C12H23N3O3. The first-order valence-electron chi connectivity index (χ1n) is 6.16. The lowest BCUT2D eigenvalue weighted by Crippen LogP contribution is -2.50. The van der Waals surface area contributed by atoms with Gasteiger partial charge >= 0.3 is 0 Å². The first kappa shape index (κ1) is 16.6. The van der Waals surface area contributed by atoms with Crippen LogP contribution in [-0.2, 0) is 14.4 Å². The first-order valence-corrected chi connectivity index (χ1v) is 6.16. The summed E-state index contributed by atoms with van der Waals surface area (Å²) in [6, 6.07) is -1.14. The molecule has 0 aliphatic carbocycles. The lowest BCUT2D eigenvalue weighted by Gasteiger charge is -2.19. The van der Waals surface area contributed by atoms with Gasteiger partial charge in [-0.1, -0.05) is 0 Å². The molecule has 0 spiro atoms. The molecule has 0 saturated carbocycles. The van der Waals surface area contributed by atoms with Crippen LogP contribution >= 0.6 is 0 Å². The Labute approximate surface area is 108 Å². The van der Waals surface area contributed by atoms with E-state index in [1.807, 2.05) is 0 Å². The normalized spacial score (nSPS) is 13.6. The van der Waals surface area contributed by atoms with Crippen LogP contribution in [0.3, 0.4) is 0 Å². The fraction of sp³-hybridized carbons (Fsp3) is 0.750. The van der Waals surface area contributed by atoms with Gasteiger partial charge in [0.2, 0.25) is 11.8 Å². The molecular weight excluding hydrogens is 234 g/mol. The van der Waals surface area contributed by atoms with Crippen LogP contribution in [0.25, 0.3) is 0 Å². The molecule has 0 bridgehead atoms. The average Bonchev–Trinajstić information content (AvgIpc) is 2.27. The van der Waals surface area contributed by atoms with Gasteiger partial charge in [0.05, 0.1) is 6.04 Å². The number of Topliss-reactive ketones (excluding diaryl/α,β-unsaturated/α-hetero) is 1. The Balaban J connectivity index is 4.38. The van der Waals surface area contributed by atoms with Gasteiger partial charge in [0.1, 0.15) is 6.04 Å². The Bertz CT molecular complexity index is 305. The van der Waals surface area contributed by atoms with Crippen molar-refractivity contribution in [3.8, 4) is 0 Å². The molecule has 0 saturated heterocycles. The number of hydrogen-bond acceptors (Lipinski definition) is 4. The minimum atomic E-state index is -0.601. The molecule has 0 aliphatic heterocycles. The van der Waals surface area contributed by atoms with E-state index in [-0.39, 0.29) is 17.6 Å². The zero-order valence-corrected chi connectivity index (χ0v) is 11.3. The molecule has 2 unspecified atom stereocenters. The minimum absolute atomic E-state index is 0.119. The maximum Gasteiger partial charge on any atom is 0.243 e. The van der Waals surface area contributed by atoms with Crippen LogP contribution < -0.4 is 16.4 Å². The Morgan fingerprint density at radius 3 is 2.17 bits per heavy atom. The number of nitrogens with two attached hydrogens (primary N) is 1. The third-order valence-electron chi connectivity index (χ3n) is 2.61. The molecule has 0 radical (unpaired) electrons. The molecule has 0 rings (SSSR count). The second kappa shape index (κ2) is 8.63. The average molecular weight is 257 g/mol. The molecule has 0 aromatic heterocycles. The van der Waals surface area contributed by atoms with Crippen LogP contribution in [0.5, 0.6) is 0 Å². The van der Waals surface area contributed by atoms with Crippen molar-refractivity contribution in [1.82, 2.24) is 10.6 Å². The summed E-state index contributed by atoms with van der Waals surface area (Å²) in [6.07, 6.45) is 2.07. The summed E-state index contributed by atoms with van der Waals surface area (Å²) in [5.74, 6) is -0.713. The zero-order valence-electron chi connectivity index (χ0n) is 11.3. The van der Waals surface area contributed by atoms with E-state index in [1.54, 1.807) is 6.92 Å². The molecule has 2 atom stereocenters. The summed E-state index contributed by atoms with van der Waals surface area (Å²) in [4.78, 5) is 34.0. The van der Waals surface area contributed by atoms with E-state index in [2.05, 4.69) is 10.6 Å². The molecule has 104 valence electrons. The van der Waals surface area contributed by atoms with Crippen molar-refractivity contribution in [3.63, 3.8) is 0 Å². The van der Waals surface area contributed by atoms with E-state index in [0.29, 0.717) is 13.0 Å². The van der Waals surface area contributed by atoms with Crippen LogP contribution in [0.4, 0.5) is 0 Å². The van der Waals surface area contributed by atoms with E-state index < -0.39 is 12.1 Å². The monoisotopic (exact) mass is 257 g/mol. The Hall–Kier alpha value is -1.43. The minimum Gasteiger partial charge on any atom is -0.345 e. The quantitative estimate of drug-likeness (QED) is 0.520. The Kier molecular flexibility index (Phi) is 7.94. The number of carbonyl (C=O) groups excluding carboxylic acids is 3. The van der Waals surface area contributed by atoms with Gasteiger partial charge in [0.15, 0.2) is 5.78 Å². The molecule has 0 aliphatic rings. The predicted octanol–water partition coefficient (Wildman–Crippen LogP) is -0.286. The predicted molar refractivity (Wildman–Crippen MR) is 68.8 cm³/mol. The summed E-state index contributed by atoms with van der Waals surface area (Å²) < 4.78 is 0. The summed E-state index contributed by atoms with van der Waals surface area (Å²) in [7, 11) is 0. The second-order valence-electron chi connectivity index (χ2n) is 4.38. The van der Waals surface area contributed by atoms with Crippen LogP contribution in [0, 0.1) is 0 Å². The summed E-state index contributed by atoms with van der Waals surface area (Å²) in [5.41, 5.74) is 5.38. The van der Waals surface area contributed by atoms with E-state index in [1.165, 1.54) is 13.8 Å². The maximum atomic E-state index is 11.9. The zero-order chi connectivity index (χ0) is 14.1. The van der Waals surface area contributed by atoms with Gasteiger partial charge < -0.3 is 16.4 Å². The molecule has 0 aromatic carbocycles. The number of amides is 2. The number of unbranched alkanes of at least 4 members (excludes halogenated alkanes) is 1. The van der Waals surface area contributed by atoms with Crippen molar-refractivity contribution < 1.29 is 14.4 Å². The Morgan fingerprint density at radius 1 is 1.11 bits per heavy atom. The standard InChI is InChI=1S/C12H23N3O3/c1-8(9(2)16)14-12(18)11(15-10(3)17)6-4-5-7-13/h8,11H,4-7,13H2,1-3H3,(H,14,18)(H,15,17). The van der Waals surface area contributed by atoms with Gasteiger partial charge in [0, 0.05) is 6.92 Å². The second-order valence-corrected chi connectivity index (χ2v) is 4.38. The number of rotatable bonds is 8. The van der Waals surface area contributed by atoms with E-state index in [4.69, 9.17) is 5.73 Å². The lowest BCUT2D eigenvalue weighted by atomic mass is 10.1. The number of nitrogens with one attached hydrogen (secondary N) is 2. The van der Waals surface area contributed by atoms with Gasteiger partial charge in [-0.15, -0.1) is 0 Å². The third kappa shape index (κ3) is 7.01. The molecule has 18 heavy (non-hydrogen) atoms. The number of carbonyl (C=O) groups is 3. The molecule has 6 heteroatoms. The molecule has 0 aromatic rings. The molecule has 6 nitrogen and oxygen atoms in total. The van der Waals surface area contributed by atoms with Gasteiger partial charge in [-0.3, -0.25) is 14.4 Å². The van der Waals surface area contributed by atoms with Crippen molar-refractivity contribution in [3.05, 3.63) is 0 Å². The van der Waals surface area contributed by atoms with Crippen LogP contribution in [0.15, 0.2) is 0 Å². The lowest BCUT2D eigenvalue weighted by molar-refractivity contribution is -0.130. The van der Waals surface area contributed by atoms with Gasteiger partial charge in [0.25, 0.3) is 0 Å². The molecule has 0 fully saturated rings. The molecule has 2 amide bonds. The highest BCUT2D eigenvalue weighted by atomic mass is 16.2. The SMILES string of the molecule is CC(=O)NC(CCCCN)C(=O)NC(C)C(C)=O. The highest BCUT2D eigenvalue weighted by molar-refractivity contribution is 5.91. The van der Waals surface area contributed by atoms with Crippen LogP contribution in [-0.4, -0.2) is 36.2 Å². The van der Waals surface area contributed by atoms with Crippen molar-refractivity contribution in [2.75, 3.05) is 6.54 Å². The van der Waals surface area contributed by atoms with Gasteiger partial charge in [-0.05, 0) is 39.7 Å². The van der Waals surface area contributed by atoms with E-state index in [9.17, 15) is 14.4 Å². The highest BCUT2D eigenvalue weighted by Crippen LogP contribution is 2.01. The number of hydrogen-bond donors (Lipinski definition) is 3. The molecule has 4 N–H and O–H groups in total. The van der Waals surface area contributed by atoms with Crippen LogP contribution in [0.1, 0.15) is 40.0 Å². The van der Waals surface area contributed by atoms with Crippen LogP contribution in [0.2, 0.25) is 0 Å². The summed E-state index contributed by atoms with van der Waals surface area (Å²) in [6.45, 7) is 4.94. The largest absolute Gasteiger partial charge is 0.345 e. The van der Waals surface area contributed by atoms with Gasteiger partial charge in [-0.25, -0.2) is 0 Å². The molecule has 0 heterocycles. The summed E-state index contributed by atoms with van der Waals surface area (Å²) >= 11 is 0.